The summed E-state index contributed by atoms with van der Waals surface area (Å²) in [6, 6.07) is 0. The third kappa shape index (κ3) is 22.3. The molecule has 24 heteroatoms. The Morgan fingerprint density at radius 3 is 0.939 bits per heavy atom. The lowest BCUT2D eigenvalue weighted by molar-refractivity contribution is -0.398. The van der Waals surface area contributed by atoms with Crippen molar-refractivity contribution < 1.29 is 94.4 Å². The van der Waals surface area contributed by atoms with Gasteiger partial charge >= 0.3 is 24.7 Å². The summed E-state index contributed by atoms with van der Waals surface area (Å²) in [6.07, 6.45) is -5.02. The first-order chi connectivity index (χ1) is 42.6. The Balaban J connectivity index is 0.000000636. The van der Waals surface area contributed by atoms with Gasteiger partial charge in [-0.15, -0.1) is 0 Å². The largest absolute Gasteiger partial charge is 0.426 e. The Kier molecular flexibility index (Phi) is 36.8. The highest BCUT2D eigenvalue weighted by Gasteiger charge is 2.75. The Hall–Kier alpha value is -0.549. The molecule has 0 aromatic carbocycles. The summed E-state index contributed by atoms with van der Waals surface area (Å²) in [6.45, 7) is 24.9. The molecule has 0 amide bonds. The second kappa shape index (κ2) is 37.8. The maximum Gasteiger partial charge on any atom is 0.426 e. The van der Waals surface area contributed by atoms with Gasteiger partial charge in [0.1, 0.15) is 20.4 Å². The minimum atomic E-state index is -5.53. The second-order valence-electron chi connectivity index (χ2n) is 32.9. The molecule has 0 aromatic rings. The van der Waals surface area contributed by atoms with Gasteiger partial charge < -0.3 is 41.7 Å². The number of ether oxygens (including phenoxy) is 6. The van der Waals surface area contributed by atoms with E-state index < -0.39 is 86.1 Å². The zero-order valence-corrected chi connectivity index (χ0v) is 61.4. The molecule has 12 fully saturated rings. The summed E-state index contributed by atoms with van der Waals surface area (Å²) in [4.78, 5) is 0. The first-order valence-corrected chi connectivity index (χ1v) is 45.4. The molecule has 12 saturated carbocycles. The molecule has 9 nitrogen and oxygen atoms in total. The molecule has 0 N–H and O–H groups in total. The molecule has 0 spiro atoms. The lowest BCUT2D eigenvalue weighted by Gasteiger charge is -2.43. The van der Waals surface area contributed by atoms with E-state index in [1.807, 2.05) is 0 Å². The molecule has 0 saturated heterocycles. The zero-order valence-electron chi connectivity index (χ0n) is 58.4. The highest BCUT2D eigenvalue weighted by molar-refractivity contribution is 6.70. The van der Waals surface area contributed by atoms with Gasteiger partial charge in [0.2, 0.25) is 0 Å². The number of hydrogen-bond donors (Lipinski definition) is 0. The van der Waals surface area contributed by atoms with Gasteiger partial charge in [0, 0.05) is 41.2 Å². The van der Waals surface area contributed by atoms with Crippen molar-refractivity contribution in [3.05, 3.63) is 0 Å². The Morgan fingerprint density at radius 1 is 0.357 bits per heavy atom. The van der Waals surface area contributed by atoms with Gasteiger partial charge in [-0.3, -0.25) is 0 Å². The normalized spacial score (nSPS) is 35.3. The van der Waals surface area contributed by atoms with E-state index in [4.69, 9.17) is 37.0 Å². The molecule has 0 radical (unpaired) electrons. The van der Waals surface area contributed by atoms with E-state index in [1.165, 1.54) is 71.6 Å². The molecule has 12 aliphatic rings. The molecular weight excluding hydrogens is 1350 g/mol. The van der Waals surface area contributed by atoms with Crippen molar-refractivity contribution in [2.45, 2.75) is 289 Å². The van der Waals surface area contributed by atoms with Crippen LogP contribution in [0.1, 0.15) is 188 Å². The van der Waals surface area contributed by atoms with Gasteiger partial charge in [0.05, 0.1) is 0 Å². The van der Waals surface area contributed by atoms with E-state index in [0.29, 0.717) is 72.9 Å². The molecule has 12 bridgehead atoms. The molecule has 23 unspecified atom stereocenters. The maximum atomic E-state index is 13.7. The fourth-order valence-corrected chi connectivity index (χ4v) is 20.9. The average Bonchev–Trinajstić information content (AvgIpc) is 1.55. The van der Waals surface area contributed by atoms with Gasteiger partial charge in [-0.25, -0.2) is 0 Å². The van der Waals surface area contributed by atoms with Crippen LogP contribution in [-0.4, -0.2) is 128 Å². The minimum Gasteiger partial charge on any atom is -0.421 e. The molecule has 23 atom stereocenters. The lowest BCUT2D eigenvalue weighted by atomic mass is 9.65. The van der Waals surface area contributed by atoms with Crippen molar-refractivity contribution in [2.75, 3.05) is 61.5 Å². The number of halogens is 12. The topological polar surface area (TPSA) is 83.1 Å². The smallest absolute Gasteiger partial charge is 0.421 e. The number of hydrogen-bond acceptors (Lipinski definition) is 9. The fraction of sp³-hybridized carbons (Fsp3) is 1.00. The summed E-state index contributed by atoms with van der Waals surface area (Å²) in [7, 11) is 1.92. The van der Waals surface area contributed by atoms with Crippen LogP contribution in [0.15, 0.2) is 0 Å². The summed E-state index contributed by atoms with van der Waals surface area (Å²) in [5.74, 6) is 11.1. The summed E-state index contributed by atoms with van der Waals surface area (Å²) < 4.78 is 208. The Labute approximate surface area is 591 Å². The van der Waals surface area contributed by atoms with Crippen LogP contribution in [0.4, 0.5) is 52.7 Å². The molecule has 0 heterocycles. The van der Waals surface area contributed by atoms with E-state index >= 15 is 0 Å². The van der Waals surface area contributed by atoms with Gasteiger partial charge in [-0.1, -0.05) is 44.6 Å². The van der Waals surface area contributed by atoms with E-state index in [0.717, 1.165) is 79.4 Å². The summed E-state index contributed by atoms with van der Waals surface area (Å²) in [5, 5.41) is 0. The van der Waals surface area contributed by atoms with Gasteiger partial charge in [-0.2, -0.15) is 52.7 Å². The molecule has 588 valence electrons. The number of rotatable bonds is 21. The van der Waals surface area contributed by atoms with Gasteiger partial charge in [-0.05, 0) is 326 Å². The van der Waals surface area contributed by atoms with Crippen LogP contribution in [-0.2, 0) is 41.7 Å². The highest BCUT2D eigenvalue weighted by Crippen LogP contribution is 2.73. The molecule has 98 heavy (non-hydrogen) atoms. The van der Waals surface area contributed by atoms with E-state index in [9.17, 15) is 52.7 Å². The third-order valence-electron chi connectivity index (χ3n) is 24.9. The van der Waals surface area contributed by atoms with E-state index in [-0.39, 0.29) is 95.3 Å². The predicted octanol–water partition coefficient (Wildman–Crippen LogP) is 23.5. The van der Waals surface area contributed by atoms with E-state index in [1.54, 1.807) is 35.2 Å². The van der Waals surface area contributed by atoms with Crippen LogP contribution in [0.3, 0.4) is 0 Å². The molecule has 12 rings (SSSR count). The molecule has 0 aromatic heterocycles. The highest BCUT2D eigenvalue weighted by atomic mass is 28.4. The summed E-state index contributed by atoms with van der Waals surface area (Å²) >= 11 is 0. The first kappa shape index (κ1) is 95.5. The monoisotopic (exact) mass is 1490 g/mol. The lowest BCUT2D eigenvalue weighted by Crippen LogP contribution is -2.60. The second-order valence-corrected chi connectivity index (χ2v) is 46.8. The fourth-order valence-electron chi connectivity index (χ4n) is 20.9. The molecule has 12 aliphatic carbocycles. The van der Waals surface area contributed by atoms with Crippen molar-refractivity contribution in [3.63, 3.8) is 0 Å². The number of fused-ring (bicyclic) bond motifs is 27. The van der Waals surface area contributed by atoms with Gasteiger partial charge in [0.25, 0.3) is 5.60 Å². The Bertz CT molecular complexity index is 2220. The van der Waals surface area contributed by atoms with Crippen molar-refractivity contribution >= 4 is 25.0 Å². The summed E-state index contributed by atoms with van der Waals surface area (Å²) in [5.41, 5.74) is -6.22. The van der Waals surface area contributed by atoms with Crippen molar-refractivity contribution in [3.8, 4) is 0 Å². The SMILES string of the molecule is C.C.C.C.C.C.CCOCOC(C)(CC1CC2CC1C1C3CCC(C3)C21)C(F)(F)F.CCOCOC(CC1CC2CC1C1C3CCC(C3)C21)(C(F)(F)F)C(F)(F)F.CCOCOC(CC1CC2CC1C1C3CCC(C3)C21)C(F)(F)F.CO[Si](C)(C)C.CO[Si](C)(C)C.CO[Si](C)(C)C. The zero-order chi connectivity index (χ0) is 68.5. The first-order valence-electron chi connectivity index (χ1n) is 35.1. The van der Waals surface area contributed by atoms with Crippen molar-refractivity contribution in [1.82, 2.24) is 0 Å². The van der Waals surface area contributed by atoms with Crippen LogP contribution >= 0.6 is 0 Å². The quantitative estimate of drug-likeness (QED) is 0.0367. The van der Waals surface area contributed by atoms with Crippen LogP contribution in [0.25, 0.3) is 0 Å². The van der Waals surface area contributed by atoms with Gasteiger partial charge in [0.15, 0.2) is 36.7 Å². The van der Waals surface area contributed by atoms with Crippen LogP contribution in [0, 0.1) is 124 Å². The van der Waals surface area contributed by atoms with Crippen molar-refractivity contribution in [2.24, 2.45) is 124 Å². The third-order valence-corrected chi connectivity index (χ3v) is 28.5. The van der Waals surface area contributed by atoms with Crippen LogP contribution in [0.2, 0.25) is 58.9 Å². The predicted molar refractivity (Wildman–Crippen MR) is 380 cm³/mol. The van der Waals surface area contributed by atoms with E-state index in [2.05, 4.69) is 63.7 Å². The number of alkyl halides is 12. The average molecular weight is 1490 g/mol. The van der Waals surface area contributed by atoms with Crippen LogP contribution < -0.4 is 0 Å². The molecular formula is C74H142F12O9Si3. The maximum absolute atomic E-state index is 13.7. The minimum absolute atomic E-state index is 0. The standard InChI is InChI=1S/C19H26F6O2.C19H29F3O2.C18H27F3O2.3C4H12OSi.6CH4/c1-2-26-9-27-17(18(20,21)22,19(23,24)25)8-13-6-12-7-14(13)16-11-4-3-10(5-11)15(12)16;1-3-23-10-24-18(2,19(20,21)22)9-14-7-13-8-15(14)17-12-5-4-11(6-12)16(13)17;1-2-22-9-23-15(18(19,20)21)8-12-6-13-7-14(12)17-11-4-3-10(5-11)16(13)17;3*1-5-6(2,3)4;;;;;;/h10-16H,2-9H2,1H3;11-17H,3-10H2,1-2H3;10-17H,2-9H2,1H3;3*1-4H3;6*1H4. The molecule has 0 aliphatic heterocycles. The van der Waals surface area contributed by atoms with Crippen LogP contribution in [0.5, 0.6) is 0 Å². The Morgan fingerprint density at radius 2 is 0.643 bits per heavy atom. The van der Waals surface area contributed by atoms with Crippen molar-refractivity contribution in [1.29, 1.82) is 0 Å².